The Morgan fingerprint density at radius 2 is 1.71 bits per heavy atom. The van der Waals surface area contributed by atoms with Gasteiger partial charge in [-0.05, 0) is 34.0 Å². The van der Waals surface area contributed by atoms with Gasteiger partial charge in [0.15, 0.2) is 0 Å². The first-order chi connectivity index (χ1) is 11.6. The molecule has 0 bridgehead atoms. The molecule has 2 nitrogen and oxygen atoms in total. The van der Waals surface area contributed by atoms with Crippen LogP contribution >= 0.6 is 0 Å². The van der Waals surface area contributed by atoms with Crippen LogP contribution in [0.2, 0.25) is 0 Å². The molecule has 0 radical (unpaired) electrons. The first-order valence-electron chi connectivity index (χ1n) is 8.28. The molecule has 0 saturated carbocycles. The zero-order chi connectivity index (χ0) is 17.1. The highest BCUT2D eigenvalue weighted by Crippen LogP contribution is 2.35. The average molecular weight is 318 g/mol. The zero-order valence-electron chi connectivity index (χ0n) is 14.4. The van der Waals surface area contributed by atoms with Crippen LogP contribution in [0.5, 0.6) is 5.75 Å². The maximum Gasteiger partial charge on any atom is 0.139 e. The van der Waals surface area contributed by atoms with Gasteiger partial charge in [0.1, 0.15) is 11.5 Å². The van der Waals surface area contributed by atoms with E-state index in [2.05, 4.69) is 30.3 Å². The third-order valence-corrected chi connectivity index (χ3v) is 4.38. The van der Waals surface area contributed by atoms with Crippen molar-refractivity contribution in [3.63, 3.8) is 0 Å². The Morgan fingerprint density at radius 1 is 0.958 bits per heavy atom. The lowest BCUT2D eigenvalue weighted by Gasteiger charge is -2.15. The largest absolute Gasteiger partial charge is 0.496 e. The fraction of sp³-hybridized carbons (Fsp3) is 0.227. The standard InChI is InChI=1S/C22H22O2/c1-15(2)20(23)14-18-9-6-10-21(24-3)22(18)19-12-11-16-7-4-5-8-17(16)13-19/h4-13,15H,14H2,1-3H3. The molecule has 122 valence electrons. The van der Waals surface area contributed by atoms with Crippen molar-refractivity contribution in [2.75, 3.05) is 7.11 Å². The maximum atomic E-state index is 12.3. The minimum Gasteiger partial charge on any atom is -0.496 e. The second-order valence-electron chi connectivity index (χ2n) is 6.35. The Morgan fingerprint density at radius 3 is 2.42 bits per heavy atom. The van der Waals surface area contributed by atoms with Gasteiger partial charge < -0.3 is 4.74 Å². The highest BCUT2D eigenvalue weighted by molar-refractivity contribution is 5.91. The molecule has 3 aromatic rings. The SMILES string of the molecule is COc1cccc(CC(=O)C(C)C)c1-c1ccc2ccccc2c1. The Hall–Kier alpha value is -2.61. The van der Waals surface area contributed by atoms with Crippen molar-refractivity contribution >= 4 is 16.6 Å². The van der Waals surface area contributed by atoms with Crippen LogP contribution in [0.15, 0.2) is 60.7 Å². The molecule has 0 atom stereocenters. The lowest BCUT2D eigenvalue weighted by molar-refractivity contribution is -0.121. The number of benzene rings is 3. The van der Waals surface area contributed by atoms with Gasteiger partial charge in [0.25, 0.3) is 0 Å². The fourth-order valence-corrected chi connectivity index (χ4v) is 2.96. The van der Waals surface area contributed by atoms with E-state index in [4.69, 9.17) is 4.74 Å². The van der Waals surface area contributed by atoms with Crippen LogP contribution in [-0.4, -0.2) is 12.9 Å². The quantitative estimate of drug-likeness (QED) is 0.639. The van der Waals surface area contributed by atoms with Crippen molar-refractivity contribution in [1.82, 2.24) is 0 Å². The number of hydrogen-bond donors (Lipinski definition) is 0. The summed E-state index contributed by atoms with van der Waals surface area (Å²) in [7, 11) is 1.67. The Bertz CT molecular complexity index is 878. The summed E-state index contributed by atoms with van der Waals surface area (Å²) < 4.78 is 5.58. The molecule has 2 heteroatoms. The molecule has 24 heavy (non-hydrogen) atoms. The van der Waals surface area contributed by atoms with Crippen molar-refractivity contribution in [1.29, 1.82) is 0 Å². The molecule has 0 heterocycles. The molecule has 0 fully saturated rings. The van der Waals surface area contributed by atoms with Gasteiger partial charge in [0.2, 0.25) is 0 Å². The van der Waals surface area contributed by atoms with Crippen LogP contribution in [0.25, 0.3) is 21.9 Å². The van der Waals surface area contributed by atoms with Crippen molar-refractivity contribution in [3.8, 4) is 16.9 Å². The number of ketones is 1. The van der Waals surface area contributed by atoms with Crippen molar-refractivity contribution in [2.45, 2.75) is 20.3 Å². The van der Waals surface area contributed by atoms with Gasteiger partial charge in [-0.25, -0.2) is 0 Å². The van der Waals surface area contributed by atoms with E-state index in [0.717, 1.165) is 22.4 Å². The van der Waals surface area contributed by atoms with E-state index < -0.39 is 0 Å². The number of Topliss-reactive ketones (excluding diaryl/α,β-unsaturated/α-hetero) is 1. The van der Waals surface area contributed by atoms with Crippen LogP contribution in [0.1, 0.15) is 19.4 Å². The molecular formula is C22H22O2. The number of fused-ring (bicyclic) bond motifs is 1. The van der Waals surface area contributed by atoms with Crippen molar-refractivity contribution in [3.05, 3.63) is 66.2 Å². The Labute approximate surface area is 143 Å². The molecule has 0 aliphatic heterocycles. The summed E-state index contributed by atoms with van der Waals surface area (Å²) in [6.07, 6.45) is 0.428. The second kappa shape index (κ2) is 6.88. The number of carbonyl (C=O) groups is 1. The number of ether oxygens (including phenoxy) is 1. The summed E-state index contributed by atoms with van der Waals surface area (Å²) in [5.74, 6) is 1.07. The summed E-state index contributed by atoms with van der Waals surface area (Å²) >= 11 is 0. The molecule has 0 N–H and O–H groups in total. The Kier molecular flexibility index (Phi) is 4.66. The van der Waals surface area contributed by atoms with E-state index in [1.807, 2.05) is 44.2 Å². The van der Waals surface area contributed by atoms with Gasteiger partial charge in [0.05, 0.1) is 7.11 Å². The minimum absolute atomic E-state index is 0.0284. The number of carbonyl (C=O) groups excluding carboxylic acids is 1. The zero-order valence-corrected chi connectivity index (χ0v) is 14.4. The van der Waals surface area contributed by atoms with Crippen molar-refractivity contribution in [2.24, 2.45) is 5.92 Å². The predicted octanol–water partition coefficient (Wildman–Crippen LogP) is 5.28. The lowest BCUT2D eigenvalue weighted by atomic mass is 9.92. The first-order valence-corrected chi connectivity index (χ1v) is 8.28. The normalized spacial score (nSPS) is 11.0. The molecule has 0 aromatic heterocycles. The van der Waals surface area contributed by atoms with Gasteiger partial charge in [-0.2, -0.15) is 0 Å². The monoisotopic (exact) mass is 318 g/mol. The van der Waals surface area contributed by atoms with Crippen molar-refractivity contribution < 1.29 is 9.53 Å². The molecule has 3 rings (SSSR count). The predicted molar refractivity (Wildman–Crippen MR) is 99.5 cm³/mol. The topological polar surface area (TPSA) is 26.3 Å². The van der Waals surface area contributed by atoms with E-state index in [0.29, 0.717) is 6.42 Å². The van der Waals surface area contributed by atoms with Crippen LogP contribution < -0.4 is 4.74 Å². The van der Waals surface area contributed by atoms with Crippen LogP contribution in [0, 0.1) is 5.92 Å². The third-order valence-electron chi connectivity index (χ3n) is 4.38. The fourth-order valence-electron chi connectivity index (χ4n) is 2.96. The highest BCUT2D eigenvalue weighted by Gasteiger charge is 2.16. The van der Waals surface area contributed by atoms with Crippen LogP contribution in [0.3, 0.4) is 0 Å². The van der Waals surface area contributed by atoms with Gasteiger partial charge in [0, 0.05) is 17.9 Å². The Balaban J connectivity index is 2.14. The summed E-state index contributed by atoms with van der Waals surface area (Å²) in [6.45, 7) is 3.89. The average Bonchev–Trinajstić information content (AvgIpc) is 2.61. The molecule has 0 unspecified atom stereocenters. The molecule has 0 aliphatic carbocycles. The number of rotatable bonds is 5. The highest BCUT2D eigenvalue weighted by atomic mass is 16.5. The smallest absolute Gasteiger partial charge is 0.139 e. The summed E-state index contributed by atoms with van der Waals surface area (Å²) in [5, 5.41) is 2.39. The number of methoxy groups -OCH3 is 1. The summed E-state index contributed by atoms with van der Waals surface area (Å²) in [5.41, 5.74) is 3.11. The van der Waals surface area contributed by atoms with E-state index in [-0.39, 0.29) is 11.7 Å². The molecule has 0 saturated heterocycles. The minimum atomic E-state index is 0.0284. The van der Waals surface area contributed by atoms with E-state index in [9.17, 15) is 4.79 Å². The van der Waals surface area contributed by atoms with Gasteiger partial charge in [-0.15, -0.1) is 0 Å². The molecule has 3 aromatic carbocycles. The maximum absolute atomic E-state index is 12.3. The second-order valence-corrected chi connectivity index (χ2v) is 6.35. The molecule has 0 spiro atoms. The van der Waals surface area contributed by atoms with E-state index >= 15 is 0 Å². The number of hydrogen-bond acceptors (Lipinski definition) is 2. The summed E-state index contributed by atoms with van der Waals surface area (Å²) in [6, 6.07) is 20.6. The first kappa shape index (κ1) is 16.3. The van der Waals surface area contributed by atoms with Gasteiger partial charge >= 0.3 is 0 Å². The van der Waals surface area contributed by atoms with Gasteiger partial charge in [-0.1, -0.05) is 62.4 Å². The van der Waals surface area contributed by atoms with Gasteiger partial charge in [-0.3, -0.25) is 4.79 Å². The summed E-state index contributed by atoms with van der Waals surface area (Å²) in [4.78, 5) is 12.3. The third kappa shape index (κ3) is 3.18. The van der Waals surface area contributed by atoms with E-state index in [1.54, 1.807) is 7.11 Å². The van der Waals surface area contributed by atoms with Crippen LogP contribution in [0.4, 0.5) is 0 Å². The molecular weight excluding hydrogens is 296 g/mol. The lowest BCUT2D eigenvalue weighted by Crippen LogP contribution is -2.11. The molecule has 0 aliphatic rings. The van der Waals surface area contributed by atoms with Crippen LogP contribution in [-0.2, 0) is 11.2 Å². The van der Waals surface area contributed by atoms with E-state index in [1.165, 1.54) is 10.8 Å². The molecule has 0 amide bonds.